The van der Waals surface area contributed by atoms with Crippen molar-refractivity contribution in [3.8, 4) is 0 Å². The molecule has 7 atom stereocenters. The lowest BCUT2D eigenvalue weighted by Crippen LogP contribution is -2.60. The highest BCUT2D eigenvalue weighted by Gasteiger charge is 2.45. The van der Waals surface area contributed by atoms with E-state index in [9.17, 15) is 25.5 Å². The van der Waals surface area contributed by atoms with Crippen molar-refractivity contribution >= 4 is 0 Å². The van der Waals surface area contributed by atoms with Crippen LogP contribution in [0.2, 0.25) is 0 Å². The minimum Gasteiger partial charge on any atom is -0.394 e. The average molecular weight is 401 g/mol. The van der Waals surface area contributed by atoms with Gasteiger partial charge in [-0.2, -0.15) is 0 Å². The normalized spacial score (nSPS) is 31.8. The smallest absolute Gasteiger partial charge is 0.187 e. The molecule has 5 N–H and O–H groups in total. The van der Waals surface area contributed by atoms with Crippen molar-refractivity contribution in [2.75, 3.05) is 6.61 Å². The third-order valence-electron chi connectivity index (χ3n) is 5.05. The van der Waals surface area contributed by atoms with Crippen molar-refractivity contribution in [1.29, 1.82) is 0 Å². The molecule has 7 nitrogen and oxygen atoms in total. The van der Waals surface area contributed by atoms with Crippen LogP contribution in [0.3, 0.4) is 0 Å². The molecule has 0 aliphatic carbocycles. The van der Waals surface area contributed by atoms with Crippen LogP contribution in [0.1, 0.15) is 47.0 Å². The molecule has 1 rings (SSSR count). The maximum Gasteiger partial charge on any atom is 0.187 e. The summed E-state index contributed by atoms with van der Waals surface area (Å²) in [7, 11) is 0. The summed E-state index contributed by atoms with van der Waals surface area (Å²) in [6.07, 6.45) is -0.00837. The van der Waals surface area contributed by atoms with E-state index in [2.05, 4.69) is 6.58 Å². The van der Waals surface area contributed by atoms with Crippen molar-refractivity contribution in [1.82, 2.24) is 0 Å². The van der Waals surface area contributed by atoms with Gasteiger partial charge in [-0.1, -0.05) is 23.8 Å². The molecule has 0 amide bonds. The number of hydrogen-bond acceptors (Lipinski definition) is 7. The molecular weight excluding hydrogens is 364 g/mol. The molecule has 0 bridgehead atoms. The van der Waals surface area contributed by atoms with Crippen molar-refractivity contribution in [2.24, 2.45) is 0 Å². The number of allylic oxidation sites excluding steroid dienone is 2. The Morgan fingerprint density at radius 1 is 1.14 bits per heavy atom. The molecule has 28 heavy (non-hydrogen) atoms. The van der Waals surface area contributed by atoms with Crippen molar-refractivity contribution in [2.45, 2.75) is 89.4 Å². The number of hydrogen-bond donors (Lipinski definition) is 5. The van der Waals surface area contributed by atoms with Crippen LogP contribution < -0.4 is 0 Å². The van der Waals surface area contributed by atoms with E-state index in [0.29, 0.717) is 19.3 Å². The molecule has 7 unspecified atom stereocenters. The molecule has 7 heteroatoms. The summed E-state index contributed by atoms with van der Waals surface area (Å²) in [4.78, 5) is 0. The summed E-state index contributed by atoms with van der Waals surface area (Å²) >= 11 is 0. The minimum absolute atomic E-state index is 0.498. The van der Waals surface area contributed by atoms with E-state index >= 15 is 0 Å². The molecule has 0 saturated carbocycles. The molecule has 0 radical (unpaired) electrons. The van der Waals surface area contributed by atoms with Crippen LogP contribution in [0.5, 0.6) is 0 Å². The molecule has 1 aliphatic rings. The molecule has 1 aliphatic heterocycles. The van der Waals surface area contributed by atoms with Crippen LogP contribution in [-0.2, 0) is 9.47 Å². The van der Waals surface area contributed by atoms with Gasteiger partial charge in [0.2, 0.25) is 0 Å². The van der Waals surface area contributed by atoms with Crippen LogP contribution in [0, 0.1) is 0 Å². The predicted octanol–water partition coefficient (Wildman–Crippen LogP) is 1.19. The first-order valence-corrected chi connectivity index (χ1v) is 9.64. The van der Waals surface area contributed by atoms with E-state index in [1.165, 1.54) is 0 Å². The van der Waals surface area contributed by atoms with E-state index in [0.717, 1.165) is 11.1 Å². The second-order valence-electron chi connectivity index (χ2n) is 7.85. The number of aliphatic hydroxyl groups excluding tert-OH is 5. The molecule has 1 heterocycles. The third-order valence-corrected chi connectivity index (χ3v) is 5.05. The van der Waals surface area contributed by atoms with Crippen molar-refractivity contribution < 1.29 is 35.0 Å². The van der Waals surface area contributed by atoms with Gasteiger partial charge < -0.3 is 35.0 Å². The largest absolute Gasteiger partial charge is 0.394 e. The zero-order valence-electron chi connectivity index (χ0n) is 17.3. The lowest BCUT2D eigenvalue weighted by molar-refractivity contribution is -0.319. The molecule has 1 saturated heterocycles. The van der Waals surface area contributed by atoms with Gasteiger partial charge in [0.15, 0.2) is 6.29 Å². The summed E-state index contributed by atoms with van der Waals surface area (Å²) in [5.41, 5.74) is 1.13. The fraction of sp³-hybridized carbons (Fsp3) is 0.714. The molecule has 162 valence electrons. The van der Waals surface area contributed by atoms with Gasteiger partial charge in [0.25, 0.3) is 0 Å². The molecule has 1 fully saturated rings. The zero-order valence-corrected chi connectivity index (χ0v) is 17.3. The van der Waals surface area contributed by atoms with Gasteiger partial charge in [0.1, 0.15) is 24.4 Å². The Hall–Kier alpha value is -1.06. The third kappa shape index (κ3) is 7.08. The Balaban J connectivity index is 2.70. The Morgan fingerprint density at radius 3 is 2.32 bits per heavy atom. The first kappa shape index (κ1) is 25.0. The van der Waals surface area contributed by atoms with Crippen LogP contribution in [-0.4, -0.2) is 74.6 Å². The van der Waals surface area contributed by atoms with Crippen LogP contribution in [0.25, 0.3) is 0 Å². The first-order chi connectivity index (χ1) is 13.0. The van der Waals surface area contributed by atoms with Crippen LogP contribution in [0.4, 0.5) is 0 Å². The van der Waals surface area contributed by atoms with Crippen LogP contribution >= 0.6 is 0 Å². The zero-order chi connectivity index (χ0) is 21.5. The van der Waals surface area contributed by atoms with Crippen LogP contribution in [0.15, 0.2) is 36.0 Å². The number of aliphatic hydroxyl groups is 5. The van der Waals surface area contributed by atoms with Crippen molar-refractivity contribution in [3.05, 3.63) is 36.0 Å². The highest BCUT2D eigenvalue weighted by Crippen LogP contribution is 2.29. The summed E-state index contributed by atoms with van der Waals surface area (Å²) in [5, 5.41) is 49.3. The lowest BCUT2D eigenvalue weighted by atomic mass is 9.96. The highest BCUT2D eigenvalue weighted by molar-refractivity contribution is 5.09. The molecule has 0 spiro atoms. The first-order valence-electron chi connectivity index (χ1n) is 9.64. The number of rotatable bonds is 10. The second-order valence-corrected chi connectivity index (χ2v) is 7.85. The molecule has 0 aromatic carbocycles. The van der Waals surface area contributed by atoms with Gasteiger partial charge in [0, 0.05) is 0 Å². The van der Waals surface area contributed by atoms with Gasteiger partial charge in [0.05, 0.1) is 18.3 Å². The summed E-state index contributed by atoms with van der Waals surface area (Å²) in [6.45, 7) is 10.9. The topological polar surface area (TPSA) is 120 Å². The Bertz CT molecular complexity index is 553. The van der Waals surface area contributed by atoms with Crippen molar-refractivity contribution in [3.63, 3.8) is 0 Å². The molecule has 0 aromatic rings. The number of ether oxygens (including phenoxy) is 2. The van der Waals surface area contributed by atoms with E-state index < -0.39 is 49.0 Å². The second kappa shape index (κ2) is 11.2. The Kier molecular flexibility index (Phi) is 10.00. The van der Waals surface area contributed by atoms with Gasteiger partial charge in [-0.15, -0.1) is 6.58 Å². The van der Waals surface area contributed by atoms with Gasteiger partial charge >= 0.3 is 0 Å². The van der Waals surface area contributed by atoms with Gasteiger partial charge in [-0.05, 0) is 52.5 Å². The predicted molar refractivity (Wildman–Crippen MR) is 107 cm³/mol. The van der Waals surface area contributed by atoms with E-state index in [1.54, 1.807) is 13.0 Å². The Labute approximate surface area is 167 Å². The van der Waals surface area contributed by atoms with E-state index in [-0.39, 0.29) is 0 Å². The van der Waals surface area contributed by atoms with E-state index in [4.69, 9.17) is 9.47 Å². The minimum atomic E-state index is -1.49. The summed E-state index contributed by atoms with van der Waals surface area (Å²) in [6, 6.07) is 0. The van der Waals surface area contributed by atoms with Gasteiger partial charge in [-0.25, -0.2) is 0 Å². The molecule has 0 aromatic heterocycles. The fourth-order valence-corrected chi connectivity index (χ4v) is 2.89. The van der Waals surface area contributed by atoms with E-state index in [1.807, 2.05) is 32.9 Å². The summed E-state index contributed by atoms with van der Waals surface area (Å²) < 4.78 is 11.2. The monoisotopic (exact) mass is 400 g/mol. The quantitative estimate of drug-likeness (QED) is 0.349. The Morgan fingerprint density at radius 2 is 1.79 bits per heavy atom. The molecular formula is C21H36O7. The summed E-state index contributed by atoms with van der Waals surface area (Å²) in [5.74, 6) is 0. The maximum atomic E-state index is 10.2. The highest BCUT2D eigenvalue weighted by atomic mass is 16.7. The van der Waals surface area contributed by atoms with Gasteiger partial charge in [-0.3, -0.25) is 0 Å². The average Bonchev–Trinajstić information content (AvgIpc) is 2.66. The standard InChI is InChI=1S/C21H36O7/c1-6-21(5,11-7-8-14(4)15(23)10-9-13(2)3)28-20-19(26)18(25)17(24)16(12-22)27-20/h6,8-9,15-20,22-26H,1,7,10-12H2,2-5H3/b14-8+. The SMILES string of the molecule is C=CC(C)(CC/C=C(\C)C(O)CC=C(C)C)OC1OC(CO)C(O)C(O)C1O. The fourth-order valence-electron chi connectivity index (χ4n) is 2.89. The lowest BCUT2D eigenvalue weighted by Gasteiger charge is -2.42. The maximum absolute atomic E-state index is 10.2.